The molecule has 5 heteroatoms. The molecule has 1 atom stereocenters. The van der Waals surface area contributed by atoms with Crippen LogP contribution in [0.15, 0.2) is 30.6 Å². The van der Waals surface area contributed by atoms with Gasteiger partial charge in [-0.3, -0.25) is 4.79 Å². The predicted molar refractivity (Wildman–Crippen MR) is 54.4 cm³/mol. The molecule has 0 amide bonds. The normalized spacial score (nSPS) is 12.9. The summed E-state index contributed by atoms with van der Waals surface area (Å²) in [5.41, 5.74) is 7.08. The van der Waals surface area contributed by atoms with E-state index >= 15 is 0 Å². The SMILES string of the molecule is N[C@@H](CC(=O)O)c1cn2ccccc2n1. The first kappa shape index (κ1) is 9.67. The molecule has 78 valence electrons. The van der Waals surface area contributed by atoms with Crippen molar-refractivity contribution in [1.29, 1.82) is 0 Å². The first-order valence-corrected chi connectivity index (χ1v) is 4.58. The number of carboxylic acid groups (broad SMARTS) is 1. The summed E-state index contributed by atoms with van der Waals surface area (Å²) in [6, 6.07) is 5.04. The minimum atomic E-state index is -0.917. The monoisotopic (exact) mass is 205 g/mol. The standard InChI is InChI=1S/C10H11N3O2/c11-7(5-10(14)15)8-6-13-4-2-1-3-9(13)12-8/h1-4,6-7H,5,11H2,(H,14,15)/t7-/m0/s1. The molecule has 0 saturated heterocycles. The zero-order valence-electron chi connectivity index (χ0n) is 8.00. The minimum absolute atomic E-state index is 0.107. The molecule has 0 radical (unpaired) electrons. The summed E-state index contributed by atoms with van der Waals surface area (Å²) in [6.45, 7) is 0. The summed E-state index contributed by atoms with van der Waals surface area (Å²) >= 11 is 0. The summed E-state index contributed by atoms with van der Waals surface area (Å²) in [5.74, 6) is -0.917. The fraction of sp³-hybridized carbons (Fsp3) is 0.200. The lowest BCUT2D eigenvalue weighted by atomic mass is 10.2. The molecule has 5 nitrogen and oxygen atoms in total. The van der Waals surface area contributed by atoms with E-state index in [0.29, 0.717) is 5.69 Å². The van der Waals surface area contributed by atoms with E-state index in [1.54, 1.807) is 6.20 Å². The number of hydrogen-bond acceptors (Lipinski definition) is 3. The van der Waals surface area contributed by atoms with Crippen LogP contribution in [0.2, 0.25) is 0 Å². The van der Waals surface area contributed by atoms with Crippen molar-refractivity contribution in [3.63, 3.8) is 0 Å². The van der Waals surface area contributed by atoms with Gasteiger partial charge in [-0.25, -0.2) is 4.98 Å². The van der Waals surface area contributed by atoms with Gasteiger partial charge in [0.25, 0.3) is 0 Å². The Morgan fingerprint density at radius 1 is 1.60 bits per heavy atom. The molecule has 0 fully saturated rings. The number of aliphatic carboxylic acids is 1. The van der Waals surface area contributed by atoms with E-state index in [1.807, 2.05) is 28.8 Å². The maximum absolute atomic E-state index is 10.5. The average molecular weight is 205 g/mol. The van der Waals surface area contributed by atoms with Gasteiger partial charge < -0.3 is 15.2 Å². The van der Waals surface area contributed by atoms with Gasteiger partial charge in [0.1, 0.15) is 5.65 Å². The molecule has 3 N–H and O–H groups in total. The third kappa shape index (κ3) is 1.97. The van der Waals surface area contributed by atoms with Crippen LogP contribution in [0, 0.1) is 0 Å². The van der Waals surface area contributed by atoms with Gasteiger partial charge in [-0.2, -0.15) is 0 Å². The zero-order chi connectivity index (χ0) is 10.8. The number of aromatic nitrogens is 2. The van der Waals surface area contributed by atoms with E-state index in [1.165, 1.54) is 0 Å². The molecular weight excluding hydrogens is 194 g/mol. The Morgan fingerprint density at radius 3 is 3.07 bits per heavy atom. The highest BCUT2D eigenvalue weighted by Gasteiger charge is 2.13. The number of pyridine rings is 1. The predicted octanol–water partition coefficient (Wildman–Crippen LogP) is 0.809. The average Bonchev–Trinajstić information content (AvgIpc) is 2.59. The molecule has 0 unspecified atom stereocenters. The van der Waals surface area contributed by atoms with Crippen molar-refractivity contribution in [2.75, 3.05) is 0 Å². The smallest absolute Gasteiger partial charge is 0.305 e. The van der Waals surface area contributed by atoms with Gasteiger partial charge in [-0.05, 0) is 12.1 Å². The Balaban J connectivity index is 2.32. The lowest BCUT2D eigenvalue weighted by Crippen LogP contribution is -2.15. The number of nitrogens with zero attached hydrogens (tertiary/aromatic N) is 2. The van der Waals surface area contributed by atoms with E-state index < -0.39 is 12.0 Å². The van der Waals surface area contributed by atoms with E-state index in [4.69, 9.17) is 10.8 Å². The van der Waals surface area contributed by atoms with Gasteiger partial charge in [-0.1, -0.05) is 6.07 Å². The summed E-state index contributed by atoms with van der Waals surface area (Å²) in [6.07, 6.45) is 3.49. The molecule has 0 aromatic carbocycles. The molecule has 2 heterocycles. The highest BCUT2D eigenvalue weighted by Crippen LogP contribution is 2.13. The molecule has 15 heavy (non-hydrogen) atoms. The number of hydrogen-bond donors (Lipinski definition) is 2. The summed E-state index contributed by atoms with van der Waals surface area (Å²) in [4.78, 5) is 14.7. The molecule has 0 aliphatic carbocycles. The van der Waals surface area contributed by atoms with Crippen LogP contribution in [0.1, 0.15) is 18.2 Å². The van der Waals surface area contributed by atoms with Crippen molar-refractivity contribution in [3.05, 3.63) is 36.3 Å². The minimum Gasteiger partial charge on any atom is -0.481 e. The third-order valence-corrected chi connectivity index (χ3v) is 2.16. The van der Waals surface area contributed by atoms with Crippen molar-refractivity contribution in [3.8, 4) is 0 Å². The number of imidazole rings is 1. The Kier molecular flexibility index (Phi) is 2.39. The zero-order valence-corrected chi connectivity index (χ0v) is 8.00. The first-order valence-electron chi connectivity index (χ1n) is 4.58. The molecular formula is C10H11N3O2. The molecule has 0 saturated carbocycles. The van der Waals surface area contributed by atoms with Crippen LogP contribution in [-0.4, -0.2) is 20.5 Å². The quantitative estimate of drug-likeness (QED) is 0.776. The maximum atomic E-state index is 10.5. The van der Waals surface area contributed by atoms with Crippen LogP contribution in [0.4, 0.5) is 0 Å². The third-order valence-electron chi connectivity index (χ3n) is 2.16. The Labute approximate surface area is 86.2 Å². The van der Waals surface area contributed by atoms with Crippen LogP contribution in [0.5, 0.6) is 0 Å². The molecule has 0 spiro atoms. The number of nitrogens with two attached hydrogens (primary N) is 1. The summed E-state index contributed by atoms with van der Waals surface area (Å²) in [7, 11) is 0. The van der Waals surface area contributed by atoms with Crippen LogP contribution in [0.25, 0.3) is 5.65 Å². The van der Waals surface area contributed by atoms with Gasteiger partial charge >= 0.3 is 5.97 Å². The number of carbonyl (C=O) groups is 1. The highest BCUT2D eigenvalue weighted by atomic mass is 16.4. The number of rotatable bonds is 3. The summed E-state index contributed by atoms with van der Waals surface area (Å²) in [5, 5.41) is 8.61. The van der Waals surface area contributed by atoms with Crippen molar-refractivity contribution < 1.29 is 9.90 Å². The molecule has 0 aliphatic heterocycles. The van der Waals surface area contributed by atoms with Gasteiger partial charge in [0, 0.05) is 12.4 Å². The van der Waals surface area contributed by atoms with Gasteiger partial charge in [0.2, 0.25) is 0 Å². The summed E-state index contributed by atoms with van der Waals surface area (Å²) < 4.78 is 1.82. The Bertz CT molecular complexity index is 459. The fourth-order valence-electron chi connectivity index (χ4n) is 1.43. The number of carboxylic acids is 1. The van der Waals surface area contributed by atoms with Crippen molar-refractivity contribution in [2.24, 2.45) is 5.73 Å². The van der Waals surface area contributed by atoms with Gasteiger partial charge in [0.05, 0.1) is 18.2 Å². The van der Waals surface area contributed by atoms with Crippen LogP contribution in [-0.2, 0) is 4.79 Å². The van der Waals surface area contributed by atoms with E-state index in [-0.39, 0.29) is 6.42 Å². The van der Waals surface area contributed by atoms with Crippen LogP contribution >= 0.6 is 0 Å². The van der Waals surface area contributed by atoms with E-state index in [2.05, 4.69) is 4.98 Å². The molecule has 0 bridgehead atoms. The van der Waals surface area contributed by atoms with Crippen molar-refractivity contribution in [2.45, 2.75) is 12.5 Å². The molecule has 2 aromatic heterocycles. The number of fused-ring (bicyclic) bond motifs is 1. The van der Waals surface area contributed by atoms with Gasteiger partial charge in [-0.15, -0.1) is 0 Å². The van der Waals surface area contributed by atoms with E-state index in [0.717, 1.165) is 5.65 Å². The molecule has 0 aliphatic rings. The fourth-order valence-corrected chi connectivity index (χ4v) is 1.43. The highest BCUT2D eigenvalue weighted by molar-refractivity contribution is 5.67. The van der Waals surface area contributed by atoms with E-state index in [9.17, 15) is 4.79 Å². The Morgan fingerprint density at radius 2 is 2.40 bits per heavy atom. The van der Waals surface area contributed by atoms with Crippen LogP contribution in [0.3, 0.4) is 0 Å². The lowest BCUT2D eigenvalue weighted by Gasteiger charge is -2.03. The Hall–Kier alpha value is -1.88. The lowest BCUT2D eigenvalue weighted by molar-refractivity contribution is -0.137. The van der Waals surface area contributed by atoms with Crippen molar-refractivity contribution in [1.82, 2.24) is 9.38 Å². The van der Waals surface area contributed by atoms with Gasteiger partial charge in [0.15, 0.2) is 0 Å². The van der Waals surface area contributed by atoms with Crippen LogP contribution < -0.4 is 5.73 Å². The molecule has 2 aromatic rings. The largest absolute Gasteiger partial charge is 0.481 e. The maximum Gasteiger partial charge on any atom is 0.305 e. The second-order valence-corrected chi connectivity index (χ2v) is 3.34. The topological polar surface area (TPSA) is 80.6 Å². The first-order chi connectivity index (χ1) is 7.16. The molecule has 2 rings (SSSR count). The second-order valence-electron chi connectivity index (χ2n) is 3.34. The second kappa shape index (κ2) is 3.70. The van der Waals surface area contributed by atoms with Crippen molar-refractivity contribution >= 4 is 11.6 Å².